The van der Waals surface area contributed by atoms with E-state index >= 15 is 0 Å². The maximum absolute atomic E-state index is 5.23. The fourth-order valence-corrected chi connectivity index (χ4v) is 3.28. The quantitative estimate of drug-likeness (QED) is 0.702. The van der Waals surface area contributed by atoms with Crippen LogP contribution in [0.1, 0.15) is 52.9 Å². The minimum absolute atomic E-state index is 0.697. The monoisotopic (exact) mass is 241 g/mol. The van der Waals surface area contributed by atoms with Crippen LogP contribution in [0, 0.1) is 17.8 Å². The third-order valence-corrected chi connectivity index (χ3v) is 4.41. The van der Waals surface area contributed by atoms with Gasteiger partial charge in [0.25, 0.3) is 0 Å². The molecular weight excluding hydrogens is 210 g/mol. The van der Waals surface area contributed by atoms with E-state index in [4.69, 9.17) is 4.74 Å². The molecule has 4 atom stereocenters. The zero-order valence-corrected chi connectivity index (χ0v) is 12.2. The van der Waals surface area contributed by atoms with Crippen molar-refractivity contribution in [2.75, 3.05) is 20.3 Å². The van der Waals surface area contributed by atoms with Gasteiger partial charge in [-0.15, -0.1) is 0 Å². The van der Waals surface area contributed by atoms with Crippen LogP contribution in [-0.4, -0.2) is 26.3 Å². The van der Waals surface area contributed by atoms with Crippen molar-refractivity contribution in [3.63, 3.8) is 0 Å². The van der Waals surface area contributed by atoms with Gasteiger partial charge in [-0.3, -0.25) is 0 Å². The highest BCUT2D eigenvalue weighted by Crippen LogP contribution is 2.36. The van der Waals surface area contributed by atoms with Crippen molar-refractivity contribution in [1.82, 2.24) is 5.32 Å². The predicted molar refractivity (Wildman–Crippen MR) is 74.2 cm³/mol. The summed E-state index contributed by atoms with van der Waals surface area (Å²) in [4.78, 5) is 0. The second-order valence-corrected chi connectivity index (χ2v) is 5.81. The van der Waals surface area contributed by atoms with E-state index in [1.807, 2.05) is 0 Å². The van der Waals surface area contributed by atoms with E-state index < -0.39 is 0 Å². The molecule has 2 heteroatoms. The molecule has 4 unspecified atom stereocenters. The number of methoxy groups -OCH3 is 1. The Morgan fingerprint density at radius 2 is 2.12 bits per heavy atom. The van der Waals surface area contributed by atoms with Gasteiger partial charge in [0, 0.05) is 19.8 Å². The largest absolute Gasteiger partial charge is 0.385 e. The molecule has 0 aromatic heterocycles. The lowest BCUT2D eigenvalue weighted by Crippen LogP contribution is -2.43. The summed E-state index contributed by atoms with van der Waals surface area (Å²) in [5.41, 5.74) is 0. The Bertz CT molecular complexity index is 195. The summed E-state index contributed by atoms with van der Waals surface area (Å²) in [5, 5.41) is 3.79. The first kappa shape index (κ1) is 15.0. The molecule has 0 heterocycles. The van der Waals surface area contributed by atoms with Crippen molar-refractivity contribution in [2.24, 2.45) is 17.8 Å². The van der Waals surface area contributed by atoms with Crippen LogP contribution >= 0.6 is 0 Å². The molecule has 0 spiro atoms. The SMILES string of the molecule is CCCNC(C(C)CCOC)C1CCCC1C. The highest BCUT2D eigenvalue weighted by atomic mass is 16.5. The molecule has 17 heavy (non-hydrogen) atoms. The van der Waals surface area contributed by atoms with E-state index in [1.165, 1.54) is 32.1 Å². The van der Waals surface area contributed by atoms with Gasteiger partial charge in [0.05, 0.1) is 0 Å². The first-order chi connectivity index (χ1) is 8.20. The summed E-state index contributed by atoms with van der Waals surface area (Å²) in [6.45, 7) is 9.12. The molecule has 2 nitrogen and oxygen atoms in total. The van der Waals surface area contributed by atoms with Gasteiger partial charge in [-0.25, -0.2) is 0 Å². The van der Waals surface area contributed by atoms with Gasteiger partial charge in [0.15, 0.2) is 0 Å². The highest BCUT2D eigenvalue weighted by Gasteiger charge is 2.33. The molecule has 102 valence electrons. The minimum atomic E-state index is 0.697. The second kappa shape index (κ2) is 8.10. The Morgan fingerprint density at radius 3 is 2.65 bits per heavy atom. The topological polar surface area (TPSA) is 21.3 Å². The zero-order chi connectivity index (χ0) is 12.7. The molecule has 0 radical (unpaired) electrons. The summed E-state index contributed by atoms with van der Waals surface area (Å²) < 4.78 is 5.23. The van der Waals surface area contributed by atoms with Gasteiger partial charge in [0.2, 0.25) is 0 Å². The average molecular weight is 241 g/mol. The van der Waals surface area contributed by atoms with Gasteiger partial charge in [-0.1, -0.05) is 33.6 Å². The van der Waals surface area contributed by atoms with Crippen LogP contribution in [0.4, 0.5) is 0 Å². The van der Waals surface area contributed by atoms with Crippen molar-refractivity contribution in [1.29, 1.82) is 0 Å². The van der Waals surface area contributed by atoms with Crippen LogP contribution in [0.5, 0.6) is 0 Å². The Kier molecular flexibility index (Phi) is 7.14. The van der Waals surface area contributed by atoms with Gasteiger partial charge in [-0.2, -0.15) is 0 Å². The van der Waals surface area contributed by atoms with Crippen LogP contribution in [0.2, 0.25) is 0 Å². The molecule has 0 amide bonds. The predicted octanol–water partition coefficient (Wildman–Crippen LogP) is 3.46. The lowest BCUT2D eigenvalue weighted by Gasteiger charge is -2.33. The lowest BCUT2D eigenvalue weighted by molar-refractivity contribution is 0.150. The molecule has 1 saturated carbocycles. The molecule has 0 saturated heterocycles. The van der Waals surface area contributed by atoms with Crippen LogP contribution in [0.25, 0.3) is 0 Å². The second-order valence-electron chi connectivity index (χ2n) is 5.81. The van der Waals surface area contributed by atoms with E-state index in [0.29, 0.717) is 6.04 Å². The average Bonchev–Trinajstić information content (AvgIpc) is 2.73. The maximum atomic E-state index is 5.23. The van der Waals surface area contributed by atoms with Gasteiger partial charge < -0.3 is 10.1 Å². The smallest absolute Gasteiger partial charge is 0.0465 e. The third-order valence-electron chi connectivity index (χ3n) is 4.41. The summed E-state index contributed by atoms with van der Waals surface area (Å²) in [6, 6.07) is 0.697. The van der Waals surface area contributed by atoms with E-state index in [9.17, 15) is 0 Å². The molecule has 0 bridgehead atoms. The maximum Gasteiger partial charge on any atom is 0.0465 e. The zero-order valence-electron chi connectivity index (χ0n) is 12.2. The molecule has 0 aromatic rings. The van der Waals surface area contributed by atoms with Crippen molar-refractivity contribution in [3.8, 4) is 0 Å². The highest BCUT2D eigenvalue weighted by molar-refractivity contribution is 4.87. The first-order valence-corrected chi connectivity index (χ1v) is 7.43. The summed E-state index contributed by atoms with van der Waals surface area (Å²) in [5.74, 6) is 2.51. The molecule has 1 N–H and O–H groups in total. The number of rotatable bonds is 8. The lowest BCUT2D eigenvalue weighted by atomic mass is 9.82. The number of ether oxygens (including phenoxy) is 1. The van der Waals surface area contributed by atoms with Crippen LogP contribution in [0.15, 0.2) is 0 Å². The number of hydrogen-bond donors (Lipinski definition) is 1. The standard InChI is InChI=1S/C15H31NO/c1-5-10-16-15(13(3)9-11-17-4)14-8-6-7-12(14)2/h12-16H,5-11H2,1-4H3. The van der Waals surface area contributed by atoms with Crippen LogP contribution < -0.4 is 5.32 Å². The summed E-state index contributed by atoms with van der Waals surface area (Å²) in [6.07, 6.45) is 6.68. The fraction of sp³-hybridized carbons (Fsp3) is 1.00. The first-order valence-electron chi connectivity index (χ1n) is 7.43. The van der Waals surface area contributed by atoms with E-state index in [0.717, 1.165) is 30.9 Å². The molecular formula is C15H31NO. The Balaban J connectivity index is 2.51. The van der Waals surface area contributed by atoms with Crippen molar-refractivity contribution < 1.29 is 4.74 Å². The Hall–Kier alpha value is -0.0800. The number of nitrogens with one attached hydrogen (secondary N) is 1. The normalized spacial score (nSPS) is 28.2. The van der Waals surface area contributed by atoms with Gasteiger partial charge >= 0.3 is 0 Å². The Labute approximate surface area is 108 Å². The Morgan fingerprint density at radius 1 is 1.35 bits per heavy atom. The van der Waals surface area contributed by atoms with Crippen molar-refractivity contribution in [2.45, 2.75) is 58.9 Å². The van der Waals surface area contributed by atoms with E-state index in [-0.39, 0.29) is 0 Å². The van der Waals surface area contributed by atoms with E-state index in [2.05, 4.69) is 26.1 Å². The molecule has 0 aromatic carbocycles. The van der Waals surface area contributed by atoms with Crippen LogP contribution in [0.3, 0.4) is 0 Å². The molecule has 1 fully saturated rings. The molecule has 1 aliphatic rings. The van der Waals surface area contributed by atoms with Crippen molar-refractivity contribution in [3.05, 3.63) is 0 Å². The van der Waals surface area contributed by atoms with Crippen LogP contribution in [-0.2, 0) is 4.74 Å². The summed E-state index contributed by atoms with van der Waals surface area (Å²) >= 11 is 0. The van der Waals surface area contributed by atoms with Gasteiger partial charge in [-0.05, 0) is 43.6 Å². The van der Waals surface area contributed by atoms with Crippen molar-refractivity contribution >= 4 is 0 Å². The van der Waals surface area contributed by atoms with Gasteiger partial charge in [0.1, 0.15) is 0 Å². The number of hydrogen-bond acceptors (Lipinski definition) is 2. The van der Waals surface area contributed by atoms with E-state index in [1.54, 1.807) is 7.11 Å². The third kappa shape index (κ3) is 4.59. The summed E-state index contributed by atoms with van der Waals surface area (Å²) in [7, 11) is 1.80. The minimum Gasteiger partial charge on any atom is -0.385 e. The fourth-order valence-electron chi connectivity index (χ4n) is 3.28. The molecule has 0 aliphatic heterocycles. The molecule has 1 rings (SSSR count). The molecule has 1 aliphatic carbocycles.